The predicted octanol–water partition coefficient (Wildman–Crippen LogP) is 3.25. The van der Waals surface area contributed by atoms with Gasteiger partial charge in [-0.3, -0.25) is 4.79 Å². The van der Waals surface area contributed by atoms with Gasteiger partial charge in [-0.2, -0.15) is 0 Å². The van der Waals surface area contributed by atoms with Gasteiger partial charge in [0, 0.05) is 24.8 Å². The van der Waals surface area contributed by atoms with E-state index in [2.05, 4.69) is 10.6 Å². The minimum atomic E-state index is -0.528. The molecule has 2 N–H and O–H groups in total. The Morgan fingerprint density at radius 3 is 2.28 bits per heavy atom. The van der Waals surface area contributed by atoms with Crippen LogP contribution in [0.2, 0.25) is 0 Å². The molecule has 0 saturated carbocycles. The molecule has 0 radical (unpaired) electrons. The lowest BCUT2D eigenvalue weighted by atomic mass is 10.0. The molecule has 6 heteroatoms. The van der Waals surface area contributed by atoms with Crippen LogP contribution in [0.25, 0.3) is 0 Å². The molecule has 1 aliphatic rings. The number of hydrogen-bond donors (Lipinski definition) is 2. The Hall–Kier alpha value is -2.89. The number of halogens is 1. The van der Waals surface area contributed by atoms with Gasteiger partial charge in [0.15, 0.2) is 0 Å². The molecule has 1 saturated heterocycles. The summed E-state index contributed by atoms with van der Waals surface area (Å²) < 4.78 is 13.6. The monoisotopic (exact) mass is 341 g/mol. The molecule has 3 rings (SSSR count). The number of carbonyl (C=O) groups excluding carboxylic acids is 2. The van der Waals surface area contributed by atoms with Crippen molar-refractivity contribution in [1.82, 2.24) is 10.2 Å². The van der Waals surface area contributed by atoms with Gasteiger partial charge in [0.2, 0.25) is 0 Å². The van der Waals surface area contributed by atoms with Gasteiger partial charge in [-0.1, -0.05) is 30.3 Å². The Bertz CT molecular complexity index is 743. The first-order chi connectivity index (χ1) is 12.1. The standard InChI is InChI=1S/C19H20FN3O2/c20-17-9-5-4-8-16(17)18(24)21-15-10-12-23(13-11-15)19(25)22-14-6-2-1-3-7-14/h1-9,15H,10-13H2,(H,21,24)(H,22,25). The van der Waals surface area contributed by atoms with Gasteiger partial charge in [-0.15, -0.1) is 0 Å². The maximum absolute atomic E-state index is 13.6. The van der Waals surface area contributed by atoms with Crippen LogP contribution in [-0.4, -0.2) is 36.0 Å². The number of piperidine rings is 1. The van der Waals surface area contributed by atoms with Gasteiger partial charge in [0.05, 0.1) is 5.56 Å². The van der Waals surface area contributed by atoms with Crippen molar-refractivity contribution >= 4 is 17.6 Å². The Labute approximate surface area is 145 Å². The smallest absolute Gasteiger partial charge is 0.321 e. The zero-order valence-corrected chi connectivity index (χ0v) is 13.7. The summed E-state index contributed by atoms with van der Waals surface area (Å²) in [6, 6.07) is 15.0. The average molecular weight is 341 g/mol. The van der Waals surface area contributed by atoms with Crippen molar-refractivity contribution in [2.24, 2.45) is 0 Å². The molecular formula is C19H20FN3O2. The number of carbonyl (C=O) groups is 2. The minimum Gasteiger partial charge on any atom is -0.349 e. The Morgan fingerprint density at radius 2 is 1.60 bits per heavy atom. The van der Waals surface area contributed by atoms with Gasteiger partial charge in [-0.25, -0.2) is 9.18 Å². The van der Waals surface area contributed by atoms with E-state index >= 15 is 0 Å². The normalized spacial score (nSPS) is 14.8. The Kier molecular flexibility index (Phi) is 5.28. The van der Waals surface area contributed by atoms with Crippen molar-refractivity contribution < 1.29 is 14.0 Å². The molecule has 0 aromatic heterocycles. The summed E-state index contributed by atoms with van der Waals surface area (Å²) in [7, 11) is 0. The van der Waals surface area contributed by atoms with Crippen molar-refractivity contribution in [2.45, 2.75) is 18.9 Å². The molecule has 1 fully saturated rings. The number of benzene rings is 2. The molecule has 0 unspecified atom stereocenters. The van der Waals surface area contributed by atoms with Gasteiger partial charge < -0.3 is 15.5 Å². The molecular weight excluding hydrogens is 321 g/mol. The Morgan fingerprint density at radius 1 is 0.960 bits per heavy atom. The van der Waals surface area contributed by atoms with Crippen LogP contribution in [0.1, 0.15) is 23.2 Å². The molecule has 2 aromatic rings. The zero-order chi connectivity index (χ0) is 17.6. The summed E-state index contributed by atoms with van der Waals surface area (Å²) >= 11 is 0. The second kappa shape index (κ2) is 7.79. The highest BCUT2D eigenvalue weighted by Gasteiger charge is 2.24. The maximum Gasteiger partial charge on any atom is 0.321 e. The second-order valence-corrected chi connectivity index (χ2v) is 6.01. The number of amides is 3. The first-order valence-corrected chi connectivity index (χ1v) is 8.30. The zero-order valence-electron chi connectivity index (χ0n) is 13.7. The fourth-order valence-electron chi connectivity index (χ4n) is 2.86. The van der Waals surface area contributed by atoms with Crippen LogP contribution in [0.3, 0.4) is 0 Å². The number of anilines is 1. The number of hydrogen-bond acceptors (Lipinski definition) is 2. The lowest BCUT2D eigenvalue weighted by molar-refractivity contribution is 0.0915. The molecule has 0 bridgehead atoms. The predicted molar refractivity (Wildman–Crippen MR) is 93.9 cm³/mol. The SMILES string of the molecule is O=C(NC1CCN(C(=O)Nc2ccccc2)CC1)c1ccccc1F. The third-order valence-corrected chi connectivity index (χ3v) is 4.26. The van der Waals surface area contributed by atoms with E-state index in [9.17, 15) is 14.0 Å². The van der Waals surface area contributed by atoms with E-state index in [4.69, 9.17) is 0 Å². The van der Waals surface area contributed by atoms with Crippen LogP contribution >= 0.6 is 0 Å². The van der Waals surface area contributed by atoms with Crippen LogP contribution in [0.15, 0.2) is 54.6 Å². The third-order valence-electron chi connectivity index (χ3n) is 4.26. The summed E-state index contributed by atoms with van der Waals surface area (Å²) in [4.78, 5) is 26.1. The molecule has 25 heavy (non-hydrogen) atoms. The van der Waals surface area contributed by atoms with E-state index in [1.165, 1.54) is 12.1 Å². The van der Waals surface area contributed by atoms with Crippen LogP contribution in [0, 0.1) is 5.82 Å². The van der Waals surface area contributed by atoms with E-state index in [0.717, 1.165) is 5.69 Å². The summed E-state index contributed by atoms with van der Waals surface area (Å²) in [5, 5.41) is 5.70. The fraction of sp³-hybridized carbons (Fsp3) is 0.263. The van der Waals surface area contributed by atoms with E-state index in [-0.39, 0.29) is 17.6 Å². The number of nitrogens with zero attached hydrogens (tertiary/aromatic N) is 1. The molecule has 130 valence electrons. The molecule has 0 atom stereocenters. The van der Waals surface area contributed by atoms with E-state index in [1.54, 1.807) is 17.0 Å². The molecule has 3 amide bonds. The highest BCUT2D eigenvalue weighted by Crippen LogP contribution is 2.14. The van der Waals surface area contributed by atoms with Crippen molar-refractivity contribution in [3.8, 4) is 0 Å². The van der Waals surface area contributed by atoms with Gasteiger partial charge in [0.25, 0.3) is 5.91 Å². The molecule has 2 aromatic carbocycles. The van der Waals surface area contributed by atoms with Gasteiger partial charge in [0.1, 0.15) is 5.82 Å². The van der Waals surface area contributed by atoms with Gasteiger partial charge in [-0.05, 0) is 37.1 Å². The fourth-order valence-corrected chi connectivity index (χ4v) is 2.86. The lowest BCUT2D eigenvalue weighted by Gasteiger charge is -2.32. The molecule has 1 heterocycles. The first-order valence-electron chi connectivity index (χ1n) is 8.30. The van der Waals surface area contributed by atoms with Gasteiger partial charge >= 0.3 is 6.03 Å². The van der Waals surface area contributed by atoms with Crippen molar-refractivity contribution in [3.05, 3.63) is 66.0 Å². The third kappa shape index (κ3) is 4.35. The summed E-state index contributed by atoms with van der Waals surface area (Å²) in [6.07, 6.45) is 1.28. The first kappa shape index (κ1) is 17.0. The van der Waals surface area contributed by atoms with Crippen molar-refractivity contribution in [1.29, 1.82) is 0 Å². The van der Waals surface area contributed by atoms with Crippen LogP contribution < -0.4 is 10.6 Å². The highest BCUT2D eigenvalue weighted by atomic mass is 19.1. The topological polar surface area (TPSA) is 61.4 Å². The second-order valence-electron chi connectivity index (χ2n) is 6.01. The maximum atomic E-state index is 13.6. The van der Waals surface area contributed by atoms with Crippen LogP contribution in [-0.2, 0) is 0 Å². The minimum absolute atomic E-state index is 0.0479. The van der Waals surface area contributed by atoms with E-state index < -0.39 is 11.7 Å². The lowest BCUT2D eigenvalue weighted by Crippen LogP contribution is -2.47. The quantitative estimate of drug-likeness (QED) is 0.900. The number of para-hydroxylation sites is 1. The highest BCUT2D eigenvalue weighted by molar-refractivity contribution is 5.94. The number of likely N-dealkylation sites (tertiary alicyclic amines) is 1. The van der Waals surface area contributed by atoms with Crippen molar-refractivity contribution in [2.75, 3.05) is 18.4 Å². The average Bonchev–Trinajstić information content (AvgIpc) is 2.63. The number of nitrogens with one attached hydrogen (secondary N) is 2. The van der Waals surface area contributed by atoms with Crippen molar-refractivity contribution in [3.63, 3.8) is 0 Å². The molecule has 0 aliphatic carbocycles. The summed E-state index contributed by atoms with van der Waals surface area (Å²) in [5.74, 6) is -0.940. The molecule has 1 aliphatic heterocycles. The van der Waals surface area contributed by atoms with E-state index in [0.29, 0.717) is 25.9 Å². The Balaban J connectivity index is 1.49. The summed E-state index contributed by atoms with van der Waals surface area (Å²) in [5.41, 5.74) is 0.800. The summed E-state index contributed by atoms with van der Waals surface area (Å²) in [6.45, 7) is 1.09. The van der Waals surface area contributed by atoms with Crippen LogP contribution in [0.5, 0.6) is 0 Å². The molecule has 0 spiro atoms. The largest absolute Gasteiger partial charge is 0.349 e. The van der Waals surface area contributed by atoms with E-state index in [1.807, 2.05) is 30.3 Å². The number of urea groups is 1. The number of rotatable bonds is 3. The molecule has 5 nitrogen and oxygen atoms in total. The van der Waals surface area contributed by atoms with Crippen LogP contribution in [0.4, 0.5) is 14.9 Å².